The second kappa shape index (κ2) is 10.2. The number of hydrogen-bond donors (Lipinski definition) is 1. The summed E-state index contributed by atoms with van der Waals surface area (Å²) in [4.78, 5) is 12.4. The maximum atomic E-state index is 12.8. The van der Waals surface area contributed by atoms with Gasteiger partial charge in [0, 0.05) is 19.2 Å². The number of aryl methyl sites for hydroxylation is 1. The number of carbonyl (C=O) groups excluding carboxylic acids is 1. The van der Waals surface area contributed by atoms with E-state index in [1.165, 1.54) is 35.6 Å². The summed E-state index contributed by atoms with van der Waals surface area (Å²) in [7, 11) is -2.20. The molecule has 0 aliphatic heterocycles. The normalized spacial score (nSPS) is 12.3. The SMILES string of the molecule is Cc1ccc(S(=O)(=O)N(C)Cc2ccc(C(=O)NN=Cc3cccc(C(F)(F)F)c3)cc2)cc1. The summed E-state index contributed by atoms with van der Waals surface area (Å²) in [5.74, 6) is -0.560. The molecule has 0 bridgehead atoms. The third-order valence-electron chi connectivity index (χ3n) is 4.94. The third-order valence-corrected chi connectivity index (χ3v) is 6.76. The number of carbonyl (C=O) groups is 1. The van der Waals surface area contributed by atoms with Crippen molar-refractivity contribution in [2.45, 2.75) is 24.5 Å². The van der Waals surface area contributed by atoms with Crippen molar-refractivity contribution in [2.24, 2.45) is 5.10 Å². The molecule has 0 aliphatic carbocycles. The lowest BCUT2D eigenvalue weighted by molar-refractivity contribution is -0.137. The van der Waals surface area contributed by atoms with E-state index in [1.807, 2.05) is 6.92 Å². The minimum atomic E-state index is -4.47. The molecule has 3 aromatic carbocycles. The number of nitrogens with one attached hydrogen (secondary N) is 1. The minimum Gasteiger partial charge on any atom is -0.267 e. The highest BCUT2D eigenvalue weighted by Crippen LogP contribution is 2.29. The lowest BCUT2D eigenvalue weighted by Crippen LogP contribution is -2.26. The van der Waals surface area contributed by atoms with Crippen LogP contribution in [0, 0.1) is 6.92 Å². The summed E-state index contributed by atoms with van der Waals surface area (Å²) in [6, 6.07) is 17.4. The van der Waals surface area contributed by atoms with Crippen LogP contribution in [0.4, 0.5) is 13.2 Å². The molecule has 0 heterocycles. The van der Waals surface area contributed by atoms with Crippen LogP contribution in [0.2, 0.25) is 0 Å². The highest BCUT2D eigenvalue weighted by Gasteiger charge is 2.30. The zero-order valence-electron chi connectivity index (χ0n) is 18.4. The molecule has 3 aromatic rings. The fourth-order valence-corrected chi connectivity index (χ4v) is 4.18. The Hall–Kier alpha value is -3.50. The zero-order valence-corrected chi connectivity index (χ0v) is 19.2. The standard InChI is InChI=1S/C24H22F3N3O3S/c1-17-6-12-22(13-7-17)34(32,33)30(2)16-18-8-10-20(11-9-18)23(31)29-28-15-19-4-3-5-21(14-19)24(25,26)27/h3-15H,16H2,1-2H3,(H,29,31). The number of sulfonamides is 1. The van der Waals surface area contributed by atoms with Gasteiger partial charge in [-0.2, -0.15) is 22.6 Å². The van der Waals surface area contributed by atoms with Crippen molar-refractivity contribution in [1.82, 2.24) is 9.73 Å². The third kappa shape index (κ3) is 6.30. The molecule has 0 saturated heterocycles. The van der Waals surface area contributed by atoms with E-state index in [-0.39, 0.29) is 22.6 Å². The summed E-state index contributed by atoms with van der Waals surface area (Å²) in [5.41, 5.74) is 3.51. The summed E-state index contributed by atoms with van der Waals surface area (Å²) >= 11 is 0. The van der Waals surface area contributed by atoms with Gasteiger partial charge in [-0.15, -0.1) is 0 Å². The first kappa shape index (κ1) is 25.1. The highest BCUT2D eigenvalue weighted by atomic mass is 32.2. The lowest BCUT2D eigenvalue weighted by Gasteiger charge is -2.17. The van der Waals surface area contributed by atoms with E-state index in [0.717, 1.165) is 23.9 Å². The molecule has 3 rings (SSSR count). The molecule has 178 valence electrons. The molecule has 0 fully saturated rings. The first-order chi connectivity index (χ1) is 16.0. The molecule has 0 unspecified atom stereocenters. The average Bonchev–Trinajstić information content (AvgIpc) is 2.79. The zero-order chi connectivity index (χ0) is 24.9. The van der Waals surface area contributed by atoms with E-state index in [1.54, 1.807) is 36.4 Å². The molecular formula is C24H22F3N3O3S. The van der Waals surface area contributed by atoms with Crippen molar-refractivity contribution in [3.05, 3.63) is 101 Å². The predicted molar refractivity (Wildman–Crippen MR) is 123 cm³/mol. The Morgan fingerprint density at radius 3 is 2.29 bits per heavy atom. The van der Waals surface area contributed by atoms with E-state index in [2.05, 4.69) is 10.5 Å². The highest BCUT2D eigenvalue weighted by molar-refractivity contribution is 7.89. The van der Waals surface area contributed by atoms with Crippen LogP contribution in [-0.4, -0.2) is 31.9 Å². The number of halogens is 3. The first-order valence-corrected chi connectivity index (χ1v) is 11.5. The van der Waals surface area contributed by atoms with Gasteiger partial charge in [0.05, 0.1) is 16.7 Å². The first-order valence-electron chi connectivity index (χ1n) is 10.1. The molecule has 0 radical (unpaired) electrons. The van der Waals surface area contributed by atoms with Crippen LogP contribution in [0.3, 0.4) is 0 Å². The summed E-state index contributed by atoms with van der Waals surface area (Å²) < 4.78 is 65.0. The van der Waals surface area contributed by atoms with Crippen LogP contribution in [0.15, 0.2) is 82.8 Å². The van der Waals surface area contributed by atoms with Gasteiger partial charge >= 0.3 is 6.18 Å². The number of hydrazone groups is 1. The van der Waals surface area contributed by atoms with Gasteiger partial charge in [-0.1, -0.05) is 42.0 Å². The molecular weight excluding hydrogens is 467 g/mol. The van der Waals surface area contributed by atoms with E-state index in [9.17, 15) is 26.4 Å². The van der Waals surface area contributed by atoms with Crippen LogP contribution < -0.4 is 5.43 Å². The van der Waals surface area contributed by atoms with Gasteiger partial charge in [-0.25, -0.2) is 13.8 Å². The Kier molecular flexibility index (Phi) is 7.53. The Balaban J connectivity index is 1.61. The van der Waals surface area contributed by atoms with Gasteiger partial charge in [0.25, 0.3) is 5.91 Å². The van der Waals surface area contributed by atoms with Crippen LogP contribution in [0.25, 0.3) is 0 Å². The van der Waals surface area contributed by atoms with Gasteiger partial charge in [-0.05, 0) is 54.4 Å². The molecule has 10 heteroatoms. The van der Waals surface area contributed by atoms with Crippen LogP contribution >= 0.6 is 0 Å². The Morgan fingerprint density at radius 2 is 1.68 bits per heavy atom. The molecule has 0 aromatic heterocycles. The number of nitrogens with zero attached hydrogens (tertiary/aromatic N) is 2. The number of benzene rings is 3. The smallest absolute Gasteiger partial charge is 0.267 e. The van der Waals surface area contributed by atoms with Crippen LogP contribution in [0.1, 0.15) is 32.6 Å². The Morgan fingerprint density at radius 1 is 1.03 bits per heavy atom. The van der Waals surface area contributed by atoms with Crippen molar-refractivity contribution in [3.63, 3.8) is 0 Å². The minimum absolute atomic E-state index is 0.103. The van der Waals surface area contributed by atoms with Crippen LogP contribution in [0.5, 0.6) is 0 Å². The monoisotopic (exact) mass is 489 g/mol. The summed E-state index contributed by atoms with van der Waals surface area (Å²) in [6.07, 6.45) is -3.35. The van der Waals surface area contributed by atoms with E-state index in [4.69, 9.17) is 0 Å². The van der Waals surface area contributed by atoms with E-state index >= 15 is 0 Å². The predicted octanol–water partition coefficient (Wildman–Crippen LogP) is 4.60. The quantitative estimate of drug-likeness (QED) is 0.389. The number of rotatable bonds is 7. The second-order valence-corrected chi connectivity index (χ2v) is 9.64. The maximum Gasteiger partial charge on any atom is 0.416 e. The van der Waals surface area contributed by atoms with Gasteiger partial charge in [-0.3, -0.25) is 4.79 Å². The van der Waals surface area contributed by atoms with Gasteiger partial charge in [0.2, 0.25) is 10.0 Å². The molecule has 0 aliphatic rings. The van der Waals surface area contributed by atoms with Crippen molar-refractivity contribution in [2.75, 3.05) is 7.05 Å². The van der Waals surface area contributed by atoms with Crippen molar-refractivity contribution in [1.29, 1.82) is 0 Å². The fourth-order valence-electron chi connectivity index (χ4n) is 3.02. The Bertz CT molecular complexity index is 1290. The van der Waals surface area contributed by atoms with Gasteiger partial charge < -0.3 is 0 Å². The molecule has 0 saturated carbocycles. The molecule has 34 heavy (non-hydrogen) atoms. The lowest BCUT2D eigenvalue weighted by atomic mass is 10.1. The van der Waals surface area contributed by atoms with Crippen LogP contribution in [-0.2, 0) is 22.7 Å². The van der Waals surface area contributed by atoms with Crippen molar-refractivity contribution >= 4 is 22.1 Å². The molecule has 1 N–H and O–H groups in total. The Labute approximate surface area is 195 Å². The molecule has 1 amide bonds. The molecule has 0 atom stereocenters. The number of amides is 1. The number of alkyl halides is 3. The topological polar surface area (TPSA) is 78.8 Å². The molecule has 6 nitrogen and oxygen atoms in total. The van der Waals surface area contributed by atoms with E-state index < -0.39 is 27.7 Å². The average molecular weight is 490 g/mol. The maximum absolute atomic E-state index is 12.8. The van der Waals surface area contributed by atoms with E-state index in [0.29, 0.717) is 5.56 Å². The summed E-state index contributed by atoms with van der Waals surface area (Å²) in [5, 5.41) is 3.70. The molecule has 0 spiro atoms. The van der Waals surface area contributed by atoms with Crippen molar-refractivity contribution < 1.29 is 26.4 Å². The summed E-state index contributed by atoms with van der Waals surface area (Å²) in [6.45, 7) is 1.97. The fraction of sp³-hybridized carbons (Fsp3) is 0.167. The van der Waals surface area contributed by atoms with Crippen molar-refractivity contribution in [3.8, 4) is 0 Å². The van der Waals surface area contributed by atoms with Gasteiger partial charge in [0.15, 0.2) is 0 Å². The second-order valence-electron chi connectivity index (χ2n) is 7.59. The number of hydrogen-bond acceptors (Lipinski definition) is 4. The largest absolute Gasteiger partial charge is 0.416 e. The van der Waals surface area contributed by atoms with Gasteiger partial charge in [0.1, 0.15) is 0 Å².